The molecule has 3 aliphatic heterocycles. The molecule has 7 rings (SSSR count). The van der Waals surface area contributed by atoms with Crippen LogP contribution in [0.5, 0.6) is 11.5 Å². The first-order valence-corrected chi connectivity index (χ1v) is 19.6. The van der Waals surface area contributed by atoms with Crippen LogP contribution >= 0.6 is 34.7 Å². The molecule has 56 heavy (non-hydrogen) atoms. The number of hydrogen-bond donors (Lipinski definition) is 7. The predicted molar refractivity (Wildman–Crippen MR) is 200 cm³/mol. The highest BCUT2D eigenvalue weighted by Crippen LogP contribution is 2.44. The molecule has 0 radical (unpaired) electrons. The van der Waals surface area contributed by atoms with Crippen LogP contribution in [0.1, 0.15) is 49.4 Å². The van der Waals surface area contributed by atoms with Gasteiger partial charge in [0.2, 0.25) is 6.10 Å². The van der Waals surface area contributed by atoms with E-state index in [-0.39, 0.29) is 51.8 Å². The van der Waals surface area contributed by atoms with Gasteiger partial charge in [0, 0.05) is 47.9 Å². The van der Waals surface area contributed by atoms with Gasteiger partial charge in [0.25, 0.3) is 11.8 Å². The van der Waals surface area contributed by atoms with Crippen LogP contribution in [-0.2, 0) is 35.4 Å². The number of nitrogens with zero attached hydrogens (tertiary/aromatic N) is 5. The Hall–Kier alpha value is -5.38. The summed E-state index contributed by atoms with van der Waals surface area (Å²) < 4.78 is 2.22. The fraction of sp³-hybridized carbons (Fsp3) is 0.412. The number of oxime groups is 1. The van der Waals surface area contributed by atoms with Crippen molar-refractivity contribution in [3.05, 3.63) is 55.4 Å². The molecule has 1 aliphatic carbocycles. The number of quaternary nitrogens is 1. The van der Waals surface area contributed by atoms with Gasteiger partial charge in [-0.25, -0.2) is 14.6 Å². The highest BCUT2D eigenvalue weighted by molar-refractivity contribution is 8.00. The number of thioether (sulfide) groups is 1. The molecule has 22 heteroatoms. The second-order valence-corrected chi connectivity index (χ2v) is 16.4. The predicted octanol–water partition coefficient (Wildman–Crippen LogP) is 1.64. The third-order valence-corrected chi connectivity index (χ3v) is 12.6. The number of hydrogen-bond acceptors (Lipinski definition) is 14. The van der Waals surface area contributed by atoms with Gasteiger partial charge < -0.3 is 50.5 Å². The number of rotatable bonds is 14. The van der Waals surface area contributed by atoms with E-state index in [1.165, 1.54) is 23.2 Å². The number of aromatic nitrogens is 2. The largest absolute Gasteiger partial charge is 0.504 e. The van der Waals surface area contributed by atoms with Gasteiger partial charge in [-0.1, -0.05) is 16.8 Å². The van der Waals surface area contributed by atoms with Crippen molar-refractivity contribution in [3.8, 4) is 11.5 Å². The maximum absolute atomic E-state index is 14.0. The molecule has 0 unspecified atom stereocenters. The number of nitrogens with one attached hydrogen (secondary N) is 1. The summed E-state index contributed by atoms with van der Waals surface area (Å²) in [6.45, 7) is 1.66. The minimum Gasteiger partial charge on any atom is -0.504 e. The third kappa shape index (κ3) is 7.21. The van der Waals surface area contributed by atoms with Crippen LogP contribution in [0, 0.1) is 0 Å². The summed E-state index contributed by atoms with van der Waals surface area (Å²) in [5.41, 5.74) is 5.65. The van der Waals surface area contributed by atoms with Gasteiger partial charge in [-0.15, -0.1) is 23.1 Å². The molecule has 0 spiro atoms. The maximum Gasteiger partial charge on any atom is 0.352 e. The lowest BCUT2D eigenvalue weighted by atomic mass is 10.0. The normalized spacial score (nSPS) is 21.1. The zero-order valence-corrected chi connectivity index (χ0v) is 31.6. The Balaban J connectivity index is 1.15. The lowest BCUT2D eigenvalue weighted by Gasteiger charge is -2.50. The number of likely N-dealkylation sites (tertiary alicyclic amines) is 1. The molecule has 3 atom stereocenters. The Kier molecular flexibility index (Phi) is 10.4. The van der Waals surface area contributed by atoms with Crippen LogP contribution in [0.3, 0.4) is 0 Å². The summed E-state index contributed by atoms with van der Waals surface area (Å²) in [7, 11) is 0. The van der Waals surface area contributed by atoms with Gasteiger partial charge in [0.05, 0.1) is 41.0 Å². The average molecular weight is 833 g/mol. The first-order valence-electron chi connectivity index (χ1n) is 17.3. The van der Waals surface area contributed by atoms with Gasteiger partial charge in [-0.3, -0.25) is 24.1 Å². The van der Waals surface area contributed by atoms with Crippen molar-refractivity contribution in [1.29, 1.82) is 0 Å². The number of carbonyl (C=O) groups is 5. The standard InChI is InChI=1S/C34H34ClN7O12S2/c35-23-22-18(7-19(43)28(23)47)40(16-3-4-16)9-14(27(22)46)10-42(5-1-2-6-42)11-15-12-55-31-25(30(49)41(31)26(15)33(52)53)38-29(48)24(17-13-56-34(36)37-17)39-54-20(32(50)51)8-21(44)45/h7,9,13,16,20,25,31H,1-6,8,10-12H2,(H7-,36,37,38,39,43,44,45,46,47,48,50,51,52,53)/p+1/t20-,25+,31+/m0/s1. The van der Waals surface area contributed by atoms with Crippen LogP contribution in [-0.4, -0.2) is 123 Å². The van der Waals surface area contributed by atoms with E-state index in [1.54, 1.807) is 6.20 Å². The number of carboxylic acid groups (broad SMARTS) is 3. The number of carbonyl (C=O) groups excluding carboxylic acids is 2. The fourth-order valence-electron chi connectivity index (χ4n) is 7.46. The van der Waals surface area contributed by atoms with Crippen molar-refractivity contribution >= 4 is 86.2 Å². The number of fused-ring (bicyclic) bond motifs is 2. The van der Waals surface area contributed by atoms with Crippen LogP contribution in [0.4, 0.5) is 5.13 Å². The molecule has 3 fully saturated rings. The number of phenols is 2. The zero-order chi connectivity index (χ0) is 40.2. The number of pyridine rings is 1. The van der Waals surface area contributed by atoms with E-state index in [1.807, 2.05) is 4.57 Å². The maximum atomic E-state index is 14.0. The van der Waals surface area contributed by atoms with E-state index >= 15 is 0 Å². The van der Waals surface area contributed by atoms with Gasteiger partial charge in [-0.2, -0.15) is 0 Å². The number of anilines is 1. The molecule has 19 nitrogen and oxygen atoms in total. The van der Waals surface area contributed by atoms with Crippen molar-refractivity contribution in [2.45, 2.75) is 62.2 Å². The Bertz CT molecular complexity index is 2320. The van der Waals surface area contributed by atoms with E-state index in [0.717, 1.165) is 41.9 Å². The molecular weight excluding hydrogens is 798 g/mol. The van der Waals surface area contributed by atoms with Crippen molar-refractivity contribution in [2.75, 3.05) is 31.1 Å². The van der Waals surface area contributed by atoms with Crippen LogP contribution in [0.25, 0.3) is 10.9 Å². The summed E-state index contributed by atoms with van der Waals surface area (Å²) in [6.07, 6.45) is 2.16. The first-order chi connectivity index (χ1) is 26.6. The quantitative estimate of drug-likeness (QED) is 0.0400. The van der Waals surface area contributed by atoms with Crippen LogP contribution < -0.4 is 16.5 Å². The lowest BCUT2D eigenvalue weighted by molar-refractivity contribution is -0.925. The number of amides is 2. The minimum atomic E-state index is -1.95. The first kappa shape index (κ1) is 38.9. The summed E-state index contributed by atoms with van der Waals surface area (Å²) in [6, 6.07) is 0.177. The highest BCUT2D eigenvalue weighted by atomic mass is 35.5. The molecule has 3 aromatic rings. The molecule has 8 N–H and O–H groups in total. The number of nitrogen functional groups attached to an aromatic ring is 1. The number of thiazole rings is 1. The molecule has 2 saturated heterocycles. The Morgan fingerprint density at radius 1 is 1.12 bits per heavy atom. The molecule has 5 heterocycles. The lowest BCUT2D eigenvalue weighted by Crippen LogP contribution is -2.71. The number of aliphatic carboxylic acids is 3. The van der Waals surface area contributed by atoms with Crippen molar-refractivity contribution in [2.24, 2.45) is 5.16 Å². The van der Waals surface area contributed by atoms with Crippen LogP contribution in [0.15, 0.2) is 38.9 Å². The van der Waals surface area contributed by atoms with Crippen molar-refractivity contribution in [1.82, 2.24) is 19.8 Å². The number of benzene rings is 1. The molecule has 1 saturated carbocycles. The number of β-lactam (4-membered cyclic amide) rings is 1. The van der Waals surface area contributed by atoms with E-state index in [4.69, 9.17) is 27.3 Å². The van der Waals surface area contributed by atoms with Crippen LogP contribution in [0.2, 0.25) is 5.02 Å². The van der Waals surface area contributed by atoms with Crippen molar-refractivity contribution in [3.63, 3.8) is 0 Å². The SMILES string of the molecule is Nc1nc(/C(=N/O[C@@H](CC(=O)O)C(=O)O)C(=O)N[C@@H]2C(=O)N3C(C(=O)O)=C(C[N+]4(Cc5cn(C6CC6)c6cc(O)c(O)c(Cl)c6c5=O)CCCC4)CS[C@H]23)cs1. The third-order valence-electron chi connectivity index (χ3n) is 10.2. The Morgan fingerprint density at radius 3 is 2.45 bits per heavy atom. The van der Waals surface area contributed by atoms with E-state index in [9.17, 15) is 49.2 Å². The summed E-state index contributed by atoms with van der Waals surface area (Å²) in [5, 5.41) is 56.0. The molecule has 0 bridgehead atoms. The number of nitrogens with two attached hydrogens (primary N) is 1. The second-order valence-electron chi connectivity index (χ2n) is 14.0. The number of phenolic OH excluding ortho intramolecular Hbond substituents is 2. The topological polar surface area (TPSA) is 284 Å². The molecule has 2 aromatic heterocycles. The monoisotopic (exact) mass is 832 g/mol. The Morgan fingerprint density at radius 2 is 1.84 bits per heavy atom. The van der Waals surface area contributed by atoms with Gasteiger partial charge in [0.1, 0.15) is 35.9 Å². The Labute approximate surface area is 329 Å². The summed E-state index contributed by atoms with van der Waals surface area (Å²) in [4.78, 5) is 86.6. The average Bonchev–Trinajstić information content (AvgIpc) is 3.74. The molecule has 1 aromatic carbocycles. The number of halogens is 1. The van der Waals surface area contributed by atoms with Gasteiger partial charge in [-0.05, 0) is 12.8 Å². The fourth-order valence-corrected chi connectivity index (χ4v) is 9.62. The number of aromatic hydroxyl groups is 2. The molecule has 4 aliphatic rings. The van der Waals surface area contributed by atoms with Crippen molar-refractivity contribution < 1.29 is 58.8 Å². The van der Waals surface area contributed by atoms with E-state index in [0.29, 0.717) is 34.2 Å². The highest BCUT2D eigenvalue weighted by Gasteiger charge is 2.55. The molecule has 296 valence electrons. The molecule has 2 amide bonds. The van der Waals surface area contributed by atoms with Gasteiger partial charge >= 0.3 is 17.9 Å². The van der Waals surface area contributed by atoms with E-state index < -0.39 is 76.3 Å². The smallest absolute Gasteiger partial charge is 0.352 e. The summed E-state index contributed by atoms with van der Waals surface area (Å²) >= 11 is 8.59. The van der Waals surface area contributed by atoms with Gasteiger partial charge in [0.15, 0.2) is 27.8 Å². The second kappa shape index (κ2) is 14.9. The number of carboxylic acids is 3. The molecular formula is C34H35ClN7O12S2+. The van der Waals surface area contributed by atoms with E-state index in [2.05, 4.69) is 15.5 Å². The zero-order valence-electron chi connectivity index (χ0n) is 29.2. The minimum absolute atomic E-state index is 0.0225. The summed E-state index contributed by atoms with van der Waals surface area (Å²) in [5.74, 6) is -7.12.